The van der Waals surface area contributed by atoms with Crippen LogP contribution in [0, 0.1) is 11.8 Å². The minimum absolute atomic E-state index is 0.0820. The van der Waals surface area contributed by atoms with Gasteiger partial charge in [0.2, 0.25) is 0 Å². The van der Waals surface area contributed by atoms with E-state index < -0.39 is 17.5 Å². The molecule has 2 heterocycles. The molecular formula is C17H17NO6. The van der Waals surface area contributed by atoms with E-state index in [4.69, 9.17) is 14.3 Å². The number of amides is 1. The third-order valence-corrected chi connectivity index (χ3v) is 4.24. The van der Waals surface area contributed by atoms with E-state index in [0.29, 0.717) is 17.9 Å². The van der Waals surface area contributed by atoms with Crippen LogP contribution in [0.15, 0.2) is 39.5 Å². The molecule has 1 aromatic carbocycles. The van der Waals surface area contributed by atoms with Crippen LogP contribution < -0.4 is 10.4 Å². The smallest absolute Gasteiger partial charge is 0.336 e. The van der Waals surface area contributed by atoms with Gasteiger partial charge in [0.15, 0.2) is 6.61 Å². The van der Waals surface area contributed by atoms with Crippen LogP contribution in [0.25, 0.3) is 11.0 Å². The van der Waals surface area contributed by atoms with Crippen LogP contribution in [-0.2, 0) is 9.59 Å². The maximum absolute atomic E-state index is 12.2. The summed E-state index contributed by atoms with van der Waals surface area (Å²) in [4.78, 5) is 36.0. The number of nitrogens with zero attached hydrogens (tertiary/aromatic N) is 1. The summed E-state index contributed by atoms with van der Waals surface area (Å²) < 4.78 is 10.5. The molecule has 3 rings (SSSR count). The van der Waals surface area contributed by atoms with Crippen LogP contribution in [0.5, 0.6) is 5.75 Å². The van der Waals surface area contributed by atoms with Crippen molar-refractivity contribution in [2.75, 3.05) is 19.7 Å². The second-order valence-electron chi connectivity index (χ2n) is 5.96. The highest BCUT2D eigenvalue weighted by Crippen LogP contribution is 2.24. The molecule has 2 aromatic rings. The van der Waals surface area contributed by atoms with Crippen molar-refractivity contribution < 1.29 is 23.8 Å². The summed E-state index contributed by atoms with van der Waals surface area (Å²) in [6.07, 6.45) is 0. The molecular weight excluding hydrogens is 314 g/mol. The van der Waals surface area contributed by atoms with Crippen LogP contribution >= 0.6 is 0 Å². The Morgan fingerprint density at radius 1 is 1.29 bits per heavy atom. The Morgan fingerprint density at radius 3 is 2.75 bits per heavy atom. The van der Waals surface area contributed by atoms with Crippen LogP contribution in [0.4, 0.5) is 0 Å². The fourth-order valence-electron chi connectivity index (χ4n) is 2.86. The molecule has 1 aromatic heterocycles. The van der Waals surface area contributed by atoms with Crippen LogP contribution in [0.3, 0.4) is 0 Å². The lowest BCUT2D eigenvalue weighted by Crippen LogP contribution is -2.33. The van der Waals surface area contributed by atoms with E-state index in [1.54, 1.807) is 24.3 Å². The number of likely N-dealkylation sites (tertiary alicyclic amines) is 1. The largest absolute Gasteiger partial charge is 0.484 e. The Labute approximate surface area is 137 Å². The van der Waals surface area contributed by atoms with Crippen molar-refractivity contribution in [1.82, 2.24) is 4.90 Å². The Balaban J connectivity index is 1.64. The summed E-state index contributed by atoms with van der Waals surface area (Å²) in [5.41, 5.74) is -0.0744. The van der Waals surface area contributed by atoms with Crippen molar-refractivity contribution in [3.63, 3.8) is 0 Å². The van der Waals surface area contributed by atoms with Crippen LogP contribution in [0.2, 0.25) is 0 Å². The van der Waals surface area contributed by atoms with Crippen LogP contribution in [0.1, 0.15) is 6.92 Å². The Bertz CT molecular complexity index is 842. The van der Waals surface area contributed by atoms with Gasteiger partial charge in [0.05, 0.1) is 5.92 Å². The zero-order valence-electron chi connectivity index (χ0n) is 13.1. The molecule has 0 unspecified atom stereocenters. The van der Waals surface area contributed by atoms with Gasteiger partial charge in [-0.15, -0.1) is 0 Å². The summed E-state index contributed by atoms with van der Waals surface area (Å²) >= 11 is 0. The summed E-state index contributed by atoms with van der Waals surface area (Å²) in [5.74, 6) is -1.36. The van der Waals surface area contributed by atoms with Crippen molar-refractivity contribution in [2.45, 2.75) is 6.92 Å². The van der Waals surface area contributed by atoms with E-state index in [9.17, 15) is 14.4 Å². The third kappa shape index (κ3) is 3.24. The molecule has 1 aliphatic rings. The predicted octanol–water partition coefficient (Wildman–Crippen LogP) is 1.35. The Morgan fingerprint density at radius 2 is 2.04 bits per heavy atom. The zero-order valence-corrected chi connectivity index (χ0v) is 13.1. The van der Waals surface area contributed by atoms with Gasteiger partial charge in [-0.25, -0.2) is 4.79 Å². The topological polar surface area (TPSA) is 97.0 Å². The number of rotatable bonds is 4. The van der Waals surface area contributed by atoms with E-state index in [1.807, 2.05) is 6.92 Å². The molecule has 126 valence electrons. The van der Waals surface area contributed by atoms with E-state index in [1.165, 1.54) is 11.0 Å². The molecule has 0 saturated carbocycles. The number of carboxylic acid groups (broad SMARTS) is 1. The fraction of sp³-hybridized carbons (Fsp3) is 0.353. The number of hydrogen-bond acceptors (Lipinski definition) is 5. The van der Waals surface area contributed by atoms with Gasteiger partial charge in [-0.2, -0.15) is 0 Å². The highest BCUT2D eigenvalue weighted by atomic mass is 16.5. The lowest BCUT2D eigenvalue weighted by Gasteiger charge is -2.16. The molecule has 7 nitrogen and oxygen atoms in total. The van der Waals surface area contributed by atoms with Crippen molar-refractivity contribution in [1.29, 1.82) is 0 Å². The number of carboxylic acids is 1. The van der Waals surface area contributed by atoms with Gasteiger partial charge in [-0.3, -0.25) is 9.59 Å². The molecule has 0 spiro atoms. The molecule has 7 heteroatoms. The zero-order chi connectivity index (χ0) is 17.3. The van der Waals surface area contributed by atoms with Gasteiger partial charge >= 0.3 is 11.6 Å². The average Bonchev–Trinajstić information content (AvgIpc) is 2.94. The van der Waals surface area contributed by atoms with E-state index in [0.717, 1.165) is 5.39 Å². The predicted molar refractivity (Wildman–Crippen MR) is 84.8 cm³/mol. The Kier molecular flexibility index (Phi) is 4.24. The number of ether oxygens (including phenoxy) is 1. The van der Waals surface area contributed by atoms with Gasteiger partial charge in [-0.05, 0) is 24.1 Å². The van der Waals surface area contributed by atoms with Crippen molar-refractivity contribution >= 4 is 22.8 Å². The first-order chi connectivity index (χ1) is 11.4. The minimum Gasteiger partial charge on any atom is -0.484 e. The first-order valence-electron chi connectivity index (χ1n) is 7.61. The van der Waals surface area contributed by atoms with Gasteiger partial charge in [-0.1, -0.05) is 6.92 Å². The number of benzene rings is 1. The van der Waals surface area contributed by atoms with Gasteiger partial charge in [0.1, 0.15) is 11.3 Å². The van der Waals surface area contributed by atoms with Gasteiger partial charge in [0, 0.05) is 30.6 Å². The lowest BCUT2D eigenvalue weighted by atomic mass is 9.99. The molecule has 24 heavy (non-hydrogen) atoms. The molecule has 1 saturated heterocycles. The maximum atomic E-state index is 12.2. The van der Waals surface area contributed by atoms with Crippen molar-refractivity contribution in [2.24, 2.45) is 11.8 Å². The summed E-state index contributed by atoms with van der Waals surface area (Å²) in [6, 6.07) is 7.95. The monoisotopic (exact) mass is 331 g/mol. The van der Waals surface area contributed by atoms with E-state index in [2.05, 4.69) is 0 Å². The number of fused-ring (bicyclic) bond motifs is 1. The second kappa shape index (κ2) is 6.35. The molecule has 1 aliphatic heterocycles. The van der Waals surface area contributed by atoms with E-state index >= 15 is 0 Å². The van der Waals surface area contributed by atoms with Crippen molar-refractivity contribution in [3.05, 3.63) is 40.8 Å². The van der Waals surface area contributed by atoms with Gasteiger partial charge < -0.3 is 19.2 Å². The molecule has 1 N–H and O–H groups in total. The fourth-order valence-corrected chi connectivity index (χ4v) is 2.86. The molecule has 1 fully saturated rings. The van der Waals surface area contributed by atoms with E-state index in [-0.39, 0.29) is 25.0 Å². The summed E-state index contributed by atoms with van der Waals surface area (Å²) in [7, 11) is 0. The summed E-state index contributed by atoms with van der Waals surface area (Å²) in [6.45, 7) is 2.23. The average molecular weight is 331 g/mol. The van der Waals surface area contributed by atoms with Gasteiger partial charge in [0.25, 0.3) is 5.91 Å². The lowest BCUT2D eigenvalue weighted by molar-refractivity contribution is -0.142. The SMILES string of the molecule is C[C@@H]1CN(C(=O)COc2ccc3ccc(=O)oc3c2)C[C@H]1C(=O)O. The second-order valence-corrected chi connectivity index (χ2v) is 5.96. The number of carbonyl (C=O) groups excluding carboxylic acids is 1. The molecule has 0 aliphatic carbocycles. The quantitative estimate of drug-likeness (QED) is 0.850. The normalized spacial score (nSPS) is 20.3. The molecule has 0 bridgehead atoms. The summed E-state index contributed by atoms with van der Waals surface area (Å²) in [5, 5.41) is 9.86. The maximum Gasteiger partial charge on any atom is 0.336 e. The number of hydrogen-bond donors (Lipinski definition) is 1. The molecule has 2 atom stereocenters. The number of carbonyl (C=O) groups is 2. The Hall–Kier alpha value is -2.83. The highest BCUT2D eigenvalue weighted by molar-refractivity contribution is 5.81. The molecule has 1 amide bonds. The third-order valence-electron chi connectivity index (χ3n) is 4.24. The highest BCUT2D eigenvalue weighted by Gasteiger charge is 2.36. The standard InChI is InChI=1S/C17H17NO6/c1-10-7-18(8-13(10)17(21)22)15(19)9-23-12-4-2-11-3-5-16(20)24-14(11)6-12/h2-6,10,13H,7-9H2,1H3,(H,21,22)/t10-,13-/m1/s1. The first kappa shape index (κ1) is 16.0. The first-order valence-corrected chi connectivity index (χ1v) is 7.61. The van der Waals surface area contributed by atoms with Crippen LogP contribution in [-0.4, -0.2) is 41.6 Å². The number of aliphatic carboxylic acids is 1. The minimum atomic E-state index is -0.886. The molecule has 0 radical (unpaired) electrons. The van der Waals surface area contributed by atoms with Crippen molar-refractivity contribution in [3.8, 4) is 5.75 Å².